The molecule has 0 fully saturated rings. The molecular weight excluding hydrogens is 959 g/mol. The van der Waals surface area contributed by atoms with Gasteiger partial charge in [-0.1, -0.05) is 386 Å². The van der Waals surface area contributed by atoms with Crippen molar-refractivity contribution in [2.75, 3.05) is 13.2 Å². The second kappa shape index (κ2) is 68.4. The molecule has 1 amide bonds. The topological polar surface area (TPSA) is 95.9 Å². The summed E-state index contributed by atoms with van der Waals surface area (Å²) in [7, 11) is 0. The highest BCUT2D eigenvalue weighted by Crippen LogP contribution is 2.20. The molecule has 0 aromatic rings. The minimum Gasteiger partial charge on any atom is -0.466 e. The Kier molecular flexibility index (Phi) is 67.4. The second-order valence-electron chi connectivity index (χ2n) is 25.3. The van der Waals surface area contributed by atoms with E-state index in [0.29, 0.717) is 25.9 Å². The normalized spacial score (nSPS) is 12.4. The van der Waals surface area contributed by atoms with Gasteiger partial charge in [0.25, 0.3) is 0 Å². The molecule has 6 heteroatoms. The third kappa shape index (κ3) is 64.0. The number of amides is 1. The molecule has 0 saturated heterocycles. The number of esters is 1. The van der Waals surface area contributed by atoms with Crippen molar-refractivity contribution in [2.24, 2.45) is 0 Å². The van der Waals surface area contributed by atoms with E-state index in [2.05, 4.69) is 19.2 Å². The summed E-state index contributed by atoms with van der Waals surface area (Å²) in [5.41, 5.74) is 0. The van der Waals surface area contributed by atoms with Crippen molar-refractivity contribution in [3.63, 3.8) is 0 Å². The van der Waals surface area contributed by atoms with Gasteiger partial charge in [0.1, 0.15) is 0 Å². The number of nitrogens with one attached hydrogen (secondary N) is 1. The number of carbonyl (C=O) groups excluding carboxylic acids is 2. The van der Waals surface area contributed by atoms with E-state index in [0.717, 1.165) is 38.5 Å². The van der Waals surface area contributed by atoms with Crippen molar-refractivity contribution >= 4 is 11.9 Å². The lowest BCUT2D eigenvalue weighted by Gasteiger charge is -2.22. The van der Waals surface area contributed by atoms with Crippen molar-refractivity contribution in [3.8, 4) is 0 Å². The average molecular weight is 1100 g/mol. The van der Waals surface area contributed by atoms with Crippen LogP contribution in [0.15, 0.2) is 0 Å². The fourth-order valence-electron chi connectivity index (χ4n) is 11.9. The predicted molar refractivity (Wildman–Crippen MR) is 343 cm³/mol. The summed E-state index contributed by atoms with van der Waals surface area (Å²) in [5, 5.41) is 23.4. The summed E-state index contributed by atoms with van der Waals surface area (Å²) in [4.78, 5) is 24.6. The van der Waals surface area contributed by atoms with Gasteiger partial charge in [-0.2, -0.15) is 0 Å². The zero-order valence-corrected chi connectivity index (χ0v) is 53.4. The first kappa shape index (κ1) is 76.9. The van der Waals surface area contributed by atoms with Gasteiger partial charge in [0.15, 0.2) is 0 Å². The van der Waals surface area contributed by atoms with Crippen molar-refractivity contribution < 1.29 is 24.5 Å². The maximum atomic E-state index is 12.5. The maximum Gasteiger partial charge on any atom is 0.305 e. The van der Waals surface area contributed by atoms with Crippen LogP contribution < -0.4 is 5.32 Å². The molecule has 0 spiro atoms. The molecule has 0 aromatic heterocycles. The monoisotopic (exact) mass is 1100 g/mol. The Morgan fingerprint density at radius 2 is 0.526 bits per heavy atom. The lowest BCUT2D eigenvalue weighted by atomic mass is 10.0. The van der Waals surface area contributed by atoms with Crippen molar-refractivity contribution in [1.82, 2.24) is 5.32 Å². The Labute approximate surface area is 489 Å². The molecule has 2 atom stereocenters. The number of unbranched alkanes of at least 4 members (excludes halogenated alkanes) is 58. The summed E-state index contributed by atoms with van der Waals surface area (Å²) in [6, 6.07) is -0.540. The molecule has 0 radical (unpaired) electrons. The lowest BCUT2D eigenvalue weighted by Crippen LogP contribution is -2.45. The van der Waals surface area contributed by atoms with E-state index in [-0.39, 0.29) is 18.5 Å². The maximum absolute atomic E-state index is 12.5. The van der Waals surface area contributed by atoms with Gasteiger partial charge in [-0.3, -0.25) is 9.59 Å². The first-order chi connectivity index (χ1) is 38.5. The Balaban J connectivity index is 3.35. The smallest absolute Gasteiger partial charge is 0.305 e. The number of ether oxygens (including phenoxy) is 1. The molecule has 0 heterocycles. The van der Waals surface area contributed by atoms with Gasteiger partial charge in [-0.15, -0.1) is 0 Å². The van der Waals surface area contributed by atoms with E-state index in [4.69, 9.17) is 4.74 Å². The molecule has 0 aliphatic rings. The van der Waals surface area contributed by atoms with Crippen LogP contribution in [0.3, 0.4) is 0 Å². The first-order valence-corrected chi connectivity index (χ1v) is 36.3. The van der Waals surface area contributed by atoms with Crippen molar-refractivity contribution in [1.29, 1.82) is 0 Å². The number of hydrogen-bond acceptors (Lipinski definition) is 5. The fraction of sp³-hybridized carbons (Fsp3) is 0.972. The van der Waals surface area contributed by atoms with Crippen molar-refractivity contribution in [2.45, 2.75) is 437 Å². The fourth-order valence-corrected chi connectivity index (χ4v) is 11.9. The van der Waals surface area contributed by atoms with E-state index in [1.54, 1.807) is 0 Å². The highest BCUT2D eigenvalue weighted by Gasteiger charge is 2.20. The molecule has 0 aliphatic carbocycles. The molecule has 0 bridgehead atoms. The van der Waals surface area contributed by atoms with E-state index in [1.165, 1.54) is 353 Å². The van der Waals surface area contributed by atoms with Gasteiger partial charge >= 0.3 is 5.97 Å². The molecule has 0 rings (SSSR count). The standard InChI is InChI=1S/C72H143NO5/c1-3-5-7-9-11-13-15-17-19-21-22-27-30-33-36-40-44-48-52-56-60-64-70(75)69(68-74)73-71(76)65-61-57-53-49-45-41-37-34-31-28-25-23-24-26-29-32-35-39-43-47-51-55-59-63-67-78-72(77)66-62-58-54-50-46-42-38-20-18-16-14-12-10-8-6-4-2/h69-70,74-75H,3-68H2,1-2H3,(H,73,76). The molecule has 466 valence electrons. The van der Waals surface area contributed by atoms with Crippen LogP contribution in [0.4, 0.5) is 0 Å². The zero-order chi connectivity index (χ0) is 56.4. The summed E-state index contributed by atoms with van der Waals surface area (Å²) < 4.78 is 5.51. The SMILES string of the molecule is CCCCCCCCCCCCCCCCCCCCCCCC(O)C(CO)NC(=O)CCCCCCCCCCCCCCCCCCCCCCCCCCOC(=O)CCCCCCCCCCCCCCCCCC. The van der Waals surface area contributed by atoms with E-state index < -0.39 is 12.1 Å². The molecule has 6 nitrogen and oxygen atoms in total. The Morgan fingerprint density at radius 1 is 0.308 bits per heavy atom. The average Bonchev–Trinajstić information content (AvgIpc) is 3.44. The minimum atomic E-state index is -0.663. The second-order valence-corrected chi connectivity index (χ2v) is 25.3. The first-order valence-electron chi connectivity index (χ1n) is 36.3. The molecule has 2 unspecified atom stereocenters. The Bertz CT molecular complexity index is 1130. The van der Waals surface area contributed by atoms with Crippen LogP contribution in [0.2, 0.25) is 0 Å². The molecule has 0 saturated carbocycles. The largest absolute Gasteiger partial charge is 0.466 e. The van der Waals surface area contributed by atoms with Gasteiger partial charge in [-0.05, 0) is 25.7 Å². The van der Waals surface area contributed by atoms with Crippen LogP contribution in [0.5, 0.6) is 0 Å². The van der Waals surface area contributed by atoms with Crippen LogP contribution >= 0.6 is 0 Å². The van der Waals surface area contributed by atoms with Gasteiger partial charge in [-0.25, -0.2) is 0 Å². The third-order valence-electron chi connectivity index (χ3n) is 17.4. The molecule has 3 N–H and O–H groups in total. The minimum absolute atomic E-state index is 0.0205. The summed E-state index contributed by atoms with van der Waals surface area (Å²) in [6.45, 7) is 5.01. The number of aliphatic hydroxyl groups excluding tert-OH is 2. The quantitative estimate of drug-likeness (QED) is 0.0417. The Hall–Kier alpha value is -1.14. The predicted octanol–water partition coefficient (Wildman–Crippen LogP) is 23.4. The number of hydrogen-bond donors (Lipinski definition) is 3. The van der Waals surface area contributed by atoms with Gasteiger partial charge in [0, 0.05) is 12.8 Å². The lowest BCUT2D eigenvalue weighted by molar-refractivity contribution is -0.143. The van der Waals surface area contributed by atoms with Crippen LogP contribution in [0.1, 0.15) is 425 Å². The zero-order valence-electron chi connectivity index (χ0n) is 53.4. The highest BCUT2D eigenvalue weighted by molar-refractivity contribution is 5.76. The van der Waals surface area contributed by atoms with Gasteiger partial charge in [0.2, 0.25) is 5.91 Å². The van der Waals surface area contributed by atoms with Crippen LogP contribution in [0, 0.1) is 0 Å². The highest BCUT2D eigenvalue weighted by atomic mass is 16.5. The Morgan fingerprint density at radius 3 is 0.782 bits per heavy atom. The molecule has 78 heavy (non-hydrogen) atoms. The molecular formula is C72H143NO5. The van der Waals surface area contributed by atoms with Gasteiger partial charge in [0.05, 0.1) is 25.4 Å². The summed E-state index contributed by atoms with van der Waals surface area (Å²) in [5.74, 6) is -0.00764. The van der Waals surface area contributed by atoms with Crippen LogP contribution in [-0.2, 0) is 14.3 Å². The van der Waals surface area contributed by atoms with Crippen LogP contribution in [-0.4, -0.2) is 47.4 Å². The van der Waals surface area contributed by atoms with Crippen molar-refractivity contribution in [3.05, 3.63) is 0 Å². The van der Waals surface area contributed by atoms with E-state index in [1.807, 2.05) is 0 Å². The van der Waals surface area contributed by atoms with Crippen LogP contribution in [0.25, 0.3) is 0 Å². The summed E-state index contributed by atoms with van der Waals surface area (Å²) in [6.07, 6.45) is 83.0. The number of rotatable bonds is 69. The third-order valence-corrected chi connectivity index (χ3v) is 17.4. The summed E-state index contributed by atoms with van der Waals surface area (Å²) >= 11 is 0. The van der Waals surface area contributed by atoms with Gasteiger partial charge < -0.3 is 20.3 Å². The van der Waals surface area contributed by atoms with E-state index in [9.17, 15) is 19.8 Å². The number of carbonyl (C=O) groups is 2. The van der Waals surface area contributed by atoms with E-state index >= 15 is 0 Å². The molecule has 0 aliphatic heterocycles. The molecule has 0 aromatic carbocycles. The number of aliphatic hydroxyl groups is 2.